The number of amides is 1. The first kappa shape index (κ1) is 25.7. The molecule has 1 saturated heterocycles. The number of aliphatic imine (C=N–C) groups is 1. The van der Waals surface area contributed by atoms with Gasteiger partial charge >= 0.3 is 0 Å². The number of hydrogen-bond donors (Lipinski definition) is 2. The molecule has 6 nitrogen and oxygen atoms in total. The lowest BCUT2D eigenvalue weighted by atomic mass is 9.95. The van der Waals surface area contributed by atoms with Gasteiger partial charge in [0.15, 0.2) is 5.96 Å². The van der Waals surface area contributed by atoms with Crippen LogP contribution in [0.2, 0.25) is 0 Å². The summed E-state index contributed by atoms with van der Waals surface area (Å²) in [5.41, 5.74) is 7.99. The minimum atomic E-state index is -0.211. The maximum absolute atomic E-state index is 11.3. The summed E-state index contributed by atoms with van der Waals surface area (Å²) >= 11 is 0. The molecule has 2 rings (SSSR count). The Morgan fingerprint density at radius 2 is 2.03 bits per heavy atom. The quantitative estimate of drug-likeness (QED) is 0.317. The van der Waals surface area contributed by atoms with Gasteiger partial charge in [-0.2, -0.15) is 0 Å². The minimum absolute atomic E-state index is 0. The number of primary amides is 1. The standard InChI is InChI=1S/C22H37N5O.HI/c1-5-24-22(27-12-8-9-18(15-27)13-21(23)28)25-14-19-10-6-7-11-20(19)16-26(4)17(2)3;/h6-7,10-11,17-18H,5,8-9,12-16H2,1-4H3,(H2,23,28)(H,24,25);1H. The molecule has 1 heterocycles. The highest BCUT2D eigenvalue weighted by molar-refractivity contribution is 14.0. The number of guanidine groups is 1. The number of halogens is 1. The van der Waals surface area contributed by atoms with Crippen molar-refractivity contribution in [3.63, 3.8) is 0 Å². The second-order valence-corrected chi connectivity index (χ2v) is 8.07. The summed E-state index contributed by atoms with van der Waals surface area (Å²) in [6, 6.07) is 9.05. The van der Waals surface area contributed by atoms with E-state index in [4.69, 9.17) is 10.7 Å². The second kappa shape index (κ2) is 13.1. The maximum atomic E-state index is 11.3. The Kier molecular flexibility index (Phi) is 11.6. The number of carbonyl (C=O) groups is 1. The highest BCUT2D eigenvalue weighted by Gasteiger charge is 2.23. The molecular weight excluding hydrogens is 477 g/mol. The molecule has 0 bridgehead atoms. The summed E-state index contributed by atoms with van der Waals surface area (Å²) < 4.78 is 0. The topological polar surface area (TPSA) is 74.0 Å². The summed E-state index contributed by atoms with van der Waals surface area (Å²) in [5.74, 6) is 1.04. The van der Waals surface area contributed by atoms with Gasteiger partial charge in [0.25, 0.3) is 0 Å². The number of hydrogen-bond acceptors (Lipinski definition) is 3. The predicted octanol–water partition coefficient (Wildman–Crippen LogP) is 3.20. The first-order valence-corrected chi connectivity index (χ1v) is 10.5. The van der Waals surface area contributed by atoms with Gasteiger partial charge in [-0.25, -0.2) is 4.99 Å². The Hall–Kier alpha value is -1.35. The monoisotopic (exact) mass is 515 g/mol. The Labute approximate surface area is 193 Å². The Balaban J connectivity index is 0.00000420. The highest BCUT2D eigenvalue weighted by Crippen LogP contribution is 2.20. The van der Waals surface area contributed by atoms with Gasteiger partial charge in [0.2, 0.25) is 5.91 Å². The van der Waals surface area contributed by atoms with Crippen molar-refractivity contribution in [3.8, 4) is 0 Å². The number of likely N-dealkylation sites (tertiary alicyclic amines) is 1. The molecule has 7 heteroatoms. The van der Waals surface area contributed by atoms with Crippen LogP contribution in [-0.4, -0.2) is 54.4 Å². The lowest BCUT2D eigenvalue weighted by Crippen LogP contribution is -2.47. The van der Waals surface area contributed by atoms with Gasteiger partial charge in [-0.05, 0) is 57.7 Å². The number of nitrogens with zero attached hydrogens (tertiary/aromatic N) is 3. The van der Waals surface area contributed by atoms with Gasteiger partial charge in [-0.15, -0.1) is 24.0 Å². The Morgan fingerprint density at radius 1 is 1.34 bits per heavy atom. The van der Waals surface area contributed by atoms with Crippen LogP contribution < -0.4 is 11.1 Å². The van der Waals surface area contributed by atoms with E-state index in [0.717, 1.165) is 45.0 Å². The van der Waals surface area contributed by atoms with E-state index in [0.29, 0.717) is 24.9 Å². The molecule has 0 radical (unpaired) electrons. The van der Waals surface area contributed by atoms with Crippen LogP contribution in [0, 0.1) is 5.92 Å². The maximum Gasteiger partial charge on any atom is 0.217 e. The highest BCUT2D eigenvalue weighted by atomic mass is 127. The number of nitrogens with one attached hydrogen (secondary N) is 1. The number of rotatable bonds is 8. The van der Waals surface area contributed by atoms with Crippen LogP contribution in [0.4, 0.5) is 0 Å². The largest absolute Gasteiger partial charge is 0.370 e. The molecule has 1 aliphatic rings. The van der Waals surface area contributed by atoms with Gasteiger partial charge in [-0.1, -0.05) is 24.3 Å². The Bertz CT molecular complexity index is 664. The van der Waals surface area contributed by atoms with Gasteiger partial charge in [0, 0.05) is 38.6 Å². The van der Waals surface area contributed by atoms with Crippen molar-refractivity contribution in [2.24, 2.45) is 16.6 Å². The number of piperidine rings is 1. The van der Waals surface area contributed by atoms with E-state index >= 15 is 0 Å². The number of carbonyl (C=O) groups excluding carboxylic acids is 1. The zero-order chi connectivity index (χ0) is 20.5. The van der Waals surface area contributed by atoms with Gasteiger partial charge in [-0.3, -0.25) is 9.69 Å². The van der Waals surface area contributed by atoms with E-state index in [1.807, 2.05) is 0 Å². The van der Waals surface area contributed by atoms with Crippen LogP contribution >= 0.6 is 24.0 Å². The summed E-state index contributed by atoms with van der Waals surface area (Å²) in [7, 11) is 2.15. The fourth-order valence-corrected chi connectivity index (χ4v) is 3.61. The van der Waals surface area contributed by atoms with Crippen molar-refractivity contribution < 1.29 is 4.79 Å². The van der Waals surface area contributed by atoms with E-state index in [1.54, 1.807) is 0 Å². The molecule has 0 aliphatic carbocycles. The van der Waals surface area contributed by atoms with E-state index in [2.05, 4.69) is 67.2 Å². The van der Waals surface area contributed by atoms with Crippen molar-refractivity contribution in [2.75, 3.05) is 26.7 Å². The van der Waals surface area contributed by atoms with Crippen LogP contribution in [0.25, 0.3) is 0 Å². The normalized spacial score (nSPS) is 17.4. The number of nitrogens with two attached hydrogens (primary N) is 1. The first-order chi connectivity index (χ1) is 13.4. The molecule has 1 unspecified atom stereocenters. The summed E-state index contributed by atoms with van der Waals surface area (Å²) in [5, 5.41) is 3.42. The van der Waals surface area contributed by atoms with E-state index in [9.17, 15) is 4.79 Å². The molecule has 29 heavy (non-hydrogen) atoms. The average Bonchev–Trinajstić information content (AvgIpc) is 2.65. The predicted molar refractivity (Wildman–Crippen MR) is 131 cm³/mol. The molecule has 1 aromatic rings. The zero-order valence-electron chi connectivity index (χ0n) is 18.4. The fraction of sp³-hybridized carbons (Fsp3) is 0.636. The van der Waals surface area contributed by atoms with Gasteiger partial charge in [0.1, 0.15) is 0 Å². The zero-order valence-corrected chi connectivity index (χ0v) is 20.7. The molecule has 1 aliphatic heterocycles. The van der Waals surface area contributed by atoms with Crippen LogP contribution in [0.3, 0.4) is 0 Å². The van der Waals surface area contributed by atoms with Crippen LogP contribution in [0.1, 0.15) is 51.2 Å². The average molecular weight is 515 g/mol. The summed E-state index contributed by atoms with van der Waals surface area (Å²) in [4.78, 5) is 20.9. The van der Waals surface area contributed by atoms with Gasteiger partial charge in [0.05, 0.1) is 6.54 Å². The van der Waals surface area contributed by atoms with Crippen LogP contribution in [0.5, 0.6) is 0 Å². The molecular formula is C22H38IN5O. The number of benzene rings is 1. The molecule has 0 aromatic heterocycles. The molecule has 0 saturated carbocycles. The third-order valence-electron chi connectivity index (χ3n) is 5.46. The molecule has 1 amide bonds. The Morgan fingerprint density at radius 3 is 2.66 bits per heavy atom. The van der Waals surface area contributed by atoms with E-state index < -0.39 is 0 Å². The molecule has 3 N–H and O–H groups in total. The SMILES string of the molecule is CCNC(=NCc1ccccc1CN(C)C(C)C)N1CCCC(CC(N)=O)C1.I. The van der Waals surface area contributed by atoms with Crippen molar-refractivity contribution >= 4 is 35.8 Å². The van der Waals surface area contributed by atoms with Crippen molar-refractivity contribution in [1.82, 2.24) is 15.1 Å². The second-order valence-electron chi connectivity index (χ2n) is 8.07. The lowest BCUT2D eigenvalue weighted by molar-refractivity contribution is -0.119. The van der Waals surface area contributed by atoms with Crippen molar-refractivity contribution in [3.05, 3.63) is 35.4 Å². The van der Waals surface area contributed by atoms with Crippen LogP contribution in [-0.2, 0) is 17.9 Å². The van der Waals surface area contributed by atoms with E-state index in [1.165, 1.54) is 11.1 Å². The molecule has 1 aromatic carbocycles. The minimum Gasteiger partial charge on any atom is -0.370 e. The first-order valence-electron chi connectivity index (χ1n) is 10.5. The van der Waals surface area contributed by atoms with Crippen molar-refractivity contribution in [2.45, 2.75) is 59.2 Å². The van der Waals surface area contributed by atoms with Crippen LogP contribution in [0.15, 0.2) is 29.3 Å². The fourth-order valence-electron chi connectivity index (χ4n) is 3.61. The third kappa shape index (κ3) is 8.50. The molecule has 0 spiro atoms. The smallest absolute Gasteiger partial charge is 0.217 e. The summed E-state index contributed by atoms with van der Waals surface area (Å²) in [6.45, 7) is 10.7. The molecule has 1 fully saturated rings. The molecule has 1 atom stereocenters. The summed E-state index contributed by atoms with van der Waals surface area (Å²) in [6.07, 6.45) is 2.58. The van der Waals surface area contributed by atoms with Gasteiger partial charge < -0.3 is 16.0 Å². The molecule has 164 valence electrons. The van der Waals surface area contributed by atoms with Crippen molar-refractivity contribution in [1.29, 1.82) is 0 Å². The lowest BCUT2D eigenvalue weighted by Gasteiger charge is -2.34. The third-order valence-corrected chi connectivity index (χ3v) is 5.46. The van der Waals surface area contributed by atoms with E-state index in [-0.39, 0.29) is 29.9 Å².